The Bertz CT molecular complexity index is 572. The fraction of sp³-hybridized carbons (Fsp3) is 0.455. The number of nitro groups is 1. The summed E-state index contributed by atoms with van der Waals surface area (Å²) < 4.78 is 26.3. The molecular weight excluding hydrogens is 292 g/mol. The SMILES string of the molecule is CC(C)CCNS(=O)(=O)c1ccc(Cl)cc1[N+](=O)[O-]. The van der Waals surface area contributed by atoms with Crippen LogP contribution in [0.5, 0.6) is 0 Å². The van der Waals surface area contributed by atoms with Crippen LogP contribution < -0.4 is 4.72 Å². The lowest BCUT2D eigenvalue weighted by molar-refractivity contribution is -0.387. The molecule has 0 aliphatic carbocycles. The molecule has 8 heteroatoms. The van der Waals surface area contributed by atoms with Gasteiger partial charge < -0.3 is 0 Å². The zero-order valence-electron chi connectivity index (χ0n) is 10.6. The maximum Gasteiger partial charge on any atom is 0.290 e. The highest BCUT2D eigenvalue weighted by Crippen LogP contribution is 2.26. The summed E-state index contributed by atoms with van der Waals surface area (Å²) in [4.78, 5) is 9.73. The van der Waals surface area contributed by atoms with Crippen LogP contribution in [0.15, 0.2) is 23.1 Å². The molecule has 6 nitrogen and oxygen atoms in total. The Morgan fingerprint density at radius 1 is 1.42 bits per heavy atom. The molecule has 19 heavy (non-hydrogen) atoms. The van der Waals surface area contributed by atoms with Crippen molar-refractivity contribution in [2.45, 2.75) is 25.2 Å². The third-order valence-electron chi connectivity index (χ3n) is 2.42. The van der Waals surface area contributed by atoms with Crippen molar-refractivity contribution in [3.8, 4) is 0 Å². The number of hydrogen-bond donors (Lipinski definition) is 1. The highest BCUT2D eigenvalue weighted by molar-refractivity contribution is 7.89. The van der Waals surface area contributed by atoms with E-state index in [2.05, 4.69) is 4.72 Å². The van der Waals surface area contributed by atoms with E-state index in [9.17, 15) is 18.5 Å². The van der Waals surface area contributed by atoms with E-state index < -0.39 is 20.6 Å². The number of hydrogen-bond acceptors (Lipinski definition) is 4. The molecule has 0 aliphatic heterocycles. The quantitative estimate of drug-likeness (QED) is 0.646. The van der Waals surface area contributed by atoms with Crippen molar-refractivity contribution in [3.63, 3.8) is 0 Å². The van der Waals surface area contributed by atoms with Gasteiger partial charge in [-0.1, -0.05) is 25.4 Å². The lowest BCUT2D eigenvalue weighted by Crippen LogP contribution is -2.26. The highest BCUT2D eigenvalue weighted by atomic mass is 35.5. The first kappa shape index (κ1) is 15.9. The number of halogens is 1. The zero-order valence-corrected chi connectivity index (χ0v) is 12.2. The predicted molar refractivity (Wildman–Crippen MR) is 72.7 cm³/mol. The molecule has 0 aromatic heterocycles. The summed E-state index contributed by atoms with van der Waals surface area (Å²) in [6.45, 7) is 4.15. The van der Waals surface area contributed by atoms with Gasteiger partial charge in [0.15, 0.2) is 4.90 Å². The van der Waals surface area contributed by atoms with Crippen LogP contribution >= 0.6 is 11.6 Å². The fourth-order valence-corrected chi connectivity index (χ4v) is 2.78. The average molecular weight is 307 g/mol. The summed E-state index contributed by atoms with van der Waals surface area (Å²) in [5.41, 5.74) is -0.524. The maximum absolute atomic E-state index is 12.0. The molecule has 106 valence electrons. The lowest BCUT2D eigenvalue weighted by atomic mass is 10.1. The highest BCUT2D eigenvalue weighted by Gasteiger charge is 2.25. The van der Waals surface area contributed by atoms with Crippen molar-refractivity contribution in [2.75, 3.05) is 6.54 Å². The average Bonchev–Trinajstić information content (AvgIpc) is 2.27. The molecule has 1 aromatic carbocycles. The number of sulfonamides is 1. The van der Waals surface area contributed by atoms with Crippen molar-refractivity contribution in [1.29, 1.82) is 0 Å². The molecule has 0 radical (unpaired) electrons. The Hall–Kier alpha value is -1.18. The van der Waals surface area contributed by atoms with Crippen LogP contribution in [0.4, 0.5) is 5.69 Å². The monoisotopic (exact) mass is 306 g/mol. The maximum atomic E-state index is 12.0. The van der Waals surface area contributed by atoms with Gasteiger partial charge in [0.25, 0.3) is 5.69 Å². The van der Waals surface area contributed by atoms with Gasteiger partial charge in [-0.25, -0.2) is 13.1 Å². The van der Waals surface area contributed by atoms with Gasteiger partial charge in [-0.05, 0) is 24.5 Å². The Morgan fingerprint density at radius 3 is 2.58 bits per heavy atom. The van der Waals surface area contributed by atoms with Gasteiger partial charge in [-0.2, -0.15) is 0 Å². The molecule has 0 atom stereocenters. The molecule has 0 saturated carbocycles. The first-order valence-corrected chi connectivity index (χ1v) is 7.53. The van der Waals surface area contributed by atoms with Crippen molar-refractivity contribution in [1.82, 2.24) is 4.72 Å². The van der Waals surface area contributed by atoms with Crippen LogP contribution in [0.25, 0.3) is 0 Å². The minimum absolute atomic E-state index is 0.118. The van der Waals surface area contributed by atoms with Crippen LogP contribution in [0.3, 0.4) is 0 Å². The second-order valence-electron chi connectivity index (χ2n) is 4.45. The van der Waals surface area contributed by atoms with Crippen LogP contribution in [0, 0.1) is 16.0 Å². The van der Waals surface area contributed by atoms with Gasteiger partial charge >= 0.3 is 0 Å². The molecule has 0 unspecified atom stereocenters. The second kappa shape index (κ2) is 6.31. The smallest absolute Gasteiger partial charge is 0.258 e. The normalized spacial score (nSPS) is 11.8. The lowest BCUT2D eigenvalue weighted by Gasteiger charge is -2.08. The molecule has 0 heterocycles. The number of nitrogens with one attached hydrogen (secondary N) is 1. The number of rotatable bonds is 6. The Balaban J connectivity index is 3.04. The van der Waals surface area contributed by atoms with Gasteiger partial charge in [-0.3, -0.25) is 10.1 Å². The van der Waals surface area contributed by atoms with Crippen molar-refractivity contribution < 1.29 is 13.3 Å². The van der Waals surface area contributed by atoms with Gasteiger partial charge in [0, 0.05) is 17.6 Å². The molecule has 0 spiro atoms. The van der Waals surface area contributed by atoms with E-state index in [1.165, 1.54) is 6.07 Å². The van der Waals surface area contributed by atoms with Crippen molar-refractivity contribution >= 4 is 27.3 Å². The van der Waals surface area contributed by atoms with Crippen LogP contribution in [-0.4, -0.2) is 19.9 Å². The van der Waals surface area contributed by atoms with E-state index in [0.29, 0.717) is 12.3 Å². The van der Waals surface area contributed by atoms with E-state index in [1.54, 1.807) is 0 Å². The molecular formula is C11H15ClN2O4S. The topological polar surface area (TPSA) is 89.3 Å². The summed E-state index contributed by atoms with van der Waals surface area (Å²) in [6.07, 6.45) is 0.653. The van der Waals surface area contributed by atoms with E-state index in [-0.39, 0.29) is 16.5 Å². The van der Waals surface area contributed by atoms with Crippen LogP contribution in [0.1, 0.15) is 20.3 Å². The Kier molecular flexibility index (Phi) is 5.28. The summed E-state index contributed by atoms with van der Waals surface area (Å²) in [6, 6.07) is 3.47. The van der Waals surface area contributed by atoms with Crippen LogP contribution in [-0.2, 0) is 10.0 Å². The number of benzene rings is 1. The third-order valence-corrected chi connectivity index (χ3v) is 4.16. The van der Waals surface area contributed by atoms with E-state index in [1.807, 2.05) is 13.8 Å². The molecule has 0 fully saturated rings. The first-order chi connectivity index (χ1) is 8.74. The summed E-state index contributed by atoms with van der Waals surface area (Å²) >= 11 is 5.64. The van der Waals surface area contributed by atoms with Crippen molar-refractivity contribution in [3.05, 3.63) is 33.3 Å². The molecule has 0 bridgehead atoms. The molecule has 0 amide bonds. The van der Waals surface area contributed by atoms with Crippen molar-refractivity contribution in [2.24, 2.45) is 5.92 Å². The summed E-state index contributed by atoms with van der Waals surface area (Å²) in [7, 11) is -3.90. The predicted octanol–water partition coefficient (Wildman–Crippen LogP) is 2.57. The standard InChI is InChI=1S/C11H15ClN2O4S/c1-8(2)5-6-13-19(17,18)11-4-3-9(12)7-10(11)14(15)16/h3-4,7-8,13H,5-6H2,1-2H3. The Labute approximate surface area is 117 Å². The Morgan fingerprint density at radius 2 is 2.05 bits per heavy atom. The number of nitro benzene ring substituents is 1. The van der Waals surface area contributed by atoms with E-state index in [0.717, 1.165) is 12.1 Å². The van der Waals surface area contributed by atoms with Gasteiger partial charge in [-0.15, -0.1) is 0 Å². The number of nitrogens with zero attached hydrogens (tertiary/aromatic N) is 1. The summed E-state index contributed by atoms with van der Waals surface area (Å²) in [5.74, 6) is 0.336. The van der Waals surface area contributed by atoms with E-state index >= 15 is 0 Å². The van der Waals surface area contributed by atoms with E-state index in [4.69, 9.17) is 11.6 Å². The minimum atomic E-state index is -3.90. The van der Waals surface area contributed by atoms with Gasteiger partial charge in [0.05, 0.1) is 4.92 Å². The van der Waals surface area contributed by atoms with Gasteiger partial charge in [0.2, 0.25) is 10.0 Å². The molecule has 1 aromatic rings. The largest absolute Gasteiger partial charge is 0.290 e. The fourth-order valence-electron chi connectivity index (χ4n) is 1.42. The molecule has 0 saturated heterocycles. The molecule has 0 aliphatic rings. The third kappa shape index (κ3) is 4.45. The zero-order chi connectivity index (χ0) is 14.6. The van der Waals surface area contributed by atoms with Gasteiger partial charge in [0.1, 0.15) is 0 Å². The minimum Gasteiger partial charge on any atom is -0.258 e. The molecule has 1 N–H and O–H groups in total. The molecule has 1 rings (SSSR count). The second-order valence-corrected chi connectivity index (χ2v) is 6.62. The first-order valence-electron chi connectivity index (χ1n) is 5.67. The van der Waals surface area contributed by atoms with Crippen LogP contribution in [0.2, 0.25) is 5.02 Å². The summed E-state index contributed by atoms with van der Waals surface area (Å²) in [5, 5.41) is 11.0.